The molecule has 3 aromatic rings. The summed E-state index contributed by atoms with van der Waals surface area (Å²) in [5.41, 5.74) is 2.80. The van der Waals surface area contributed by atoms with Crippen molar-refractivity contribution in [3.63, 3.8) is 0 Å². The molecular formula is C23H19Br2N3O3. The highest BCUT2D eigenvalue weighted by atomic mass is 79.9. The van der Waals surface area contributed by atoms with Gasteiger partial charge in [0, 0.05) is 25.8 Å². The molecule has 1 amide bonds. The van der Waals surface area contributed by atoms with Crippen molar-refractivity contribution in [2.24, 2.45) is 5.10 Å². The topological polar surface area (TPSA) is 63.2 Å². The zero-order valence-corrected chi connectivity index (χ0v) is 20.0. The normalized spacial score (nSPS) is 15.5. The molecule has 1 aliphatic rings. The van der Waals surface area contributed by atoms with E-state index in [1.807, 2.05) is 54.6 Å². The maximum atomic E-state index is 13.4. The van der Waals surface area contributed by atoms with Crippen LogP contribution >= 0.6 is 31.9 Å². The first-order valence-corrected chi connectivity index (χ1v) is 11.0. The van der Waals surface area contributed by atoms with Crippen molar-refractivity contribution in [2.75, 3.05) is 19.5 Å². The zero-order chi connectivity index (χ0) is 22.0. The Hall–Kier alpha value is -2.84. The standard InChI is InChI=1S/C23H19Br2N3O3/c1-30-20-9-7-15(24)11-14(20)13-26-28-22(18-12-16(25)8-10-21(18)31-2)27-19-6-4-3-5-17(19)23(28)29/h3-13,22,27H,1-2H3/b26-13+. The summed E-state index contributed by atoms with van der Waals surface area (Å²) >= 11 is 6.98. The van der Waals surface area contributed by atoms with E-state index >= 15 is 0 Å². The predicted molar refractivity (Wildman–Crippen MR) is 128 cm³/mol. The van der Waals surface area contributed by atoms with Crippen molar-refractivity contribution in [1.82, 2.24) is 5.01 Å². The molecule has 6 nitrogen and oxygen atoms in total. The van der Waals surface area contributed by atoms with Gasteiger partial charge in [-0.3, -0.25) is 4.79 Å². The van der Waals surface area contributed by atoms with Gasteiger partial charge in [-0.15, -0.1) is 0 Å². The van der Waals surface area contributed by atoms with Crippen LogP contribution in [0.5, 0.6) is 11.5 Å². The minimum atomic E-state index is -0.566. The van der Waals surface area contributed by atoms with E-state index in [0.717, 1.165) is 25.8 Å². The summed E-state index contributed by atoms with van der Waals surface area (Å²) in [5.74, 6) is 1.08. The number of benzene rings is 3. The van der Waals surface area contributed by atoms with E-state index in [1.165, 1.54) is 5.01 Å². The fourth-order valence-corrected chi connectivity index (χ4v) is 4.18. The van der Waals surface area contributed by atoms with Gasteiger partial charge in [0.25, 0.3) is 5.91 Å². The number of rotatable bonds is 5. The van der Waals surface area contributed by atoms with Gasteiger partial charge >= 0.3 is 0 Å². The summed E-state index contributed by atoms with van der Waals surface area (Å²) in [6.07, 6.45) is 1.05. The van der Waals surface area contributed by atoms with Gasteiger partial charge in [0.1, 0.15) is 11.5 Å². The molecule has 1 unspecified atom stereocenters. The summed E-state index contributed by atoms with van der Waals surface area (Å²) in [5, 5.41) is 9.42. The fourth-order valence-electron chi connectivity index (χ4n) is 3.42. The van der Waals surface area contributed by atoms with Gasteiger partial charge < -0.3 is 14.8 Å². The van der Waals surface area contributed by atoms with Crippen LogP contribution in [0.15, 0.2) is 74.7 Å². The molecule has 0 radical (unpaired) electrons. The third kappa shape index (κ3) is 4.31. The number of hydrogen-bond acceptors (Lipinski definition) is 5. The van der Waals surface area contributed by atoms with Crippen LogP contribution in [-0.2, 0) is 0 Å². The van der Waals surface area contributed by atoms with Crippen LogP contribution in [0.1, 0.15) is 27.7 Å². The van der Waals surface area contributed by atoms with Gasteiger partial charge in [-0.2, -0.15) is 5.10 Å². The van der Waals surface area contributed by atoms with Crippen LogP contribution in [0.3, 0.4) is 0 Å². The zero-order valence-electron chi connectivity index (χ0n) is 16.8. The third-order valence-electron chi connectivity index (χ3n) is 4.90. The Kier molecular flexibility index (Phi) is 6.29. The van der Waals surface area contributed by atoms with Crippen LogP contribution in [-0.4, -0.2) is 31.4 Å². The van der Waals surface area contributed by atoms with Crippen molar-refractivity contribution in [3.05, 3.63) is 86.3 Å². The van der Waals surface area contributed by atoms with E-state index < -0.39 is 6.17 Å². The van der Waals surface area contributed by atoms with E-state index in [2.05, 4.69) is 42.3 Å². The summed E-state index contributed by atoms with van der Waals surface area (Å²) < 4.78 is 12.7. The molecule has 0 bridgehead atoms. The average molecular weight is 545 g/mol. The van der Waals surface area contributed by atoms with Crippen LogP contribution in [0, 0.1) is 0 Å². The number of fused-ring (bicyclic) bond motifs is 1. The second-order valence-electron chi connectivity index (χ2n) is 6.76. The Morgan fingerprint density at radius 2 is 1.65 bits per heavy atom. The largest absolute Gasteiger partial charge is 0.496 e. The molecule has 0 aliphatic carbocycles. The molecule has 8 heteroatoms. The number of hydrazone groups is 1. The molecule has 3 aromatic carbocycles. The molecule has 4 rings (SSSR count). The monoisotopic (exact) mass is 543 g/mol. The molecule has 0 aromatic heterocycles. The third-order valence-corrected chi connectivity index (χ3v) is 5.89. The van der Waals surface area contributed by atoms with Gasteiger partial charge in [-0.1, -0.05) is 44.0 Å². The Morgan fingerprint density at radius 3 is 2.39 bits per heavy atom. The van der Waals surface area contributed by atoms with Crippen LogP contribution in [0.2, 0.25) is 0 Å². The fraction of sp³-hybridized carbons (Fsp3) is 0.130. The number of hydrogen-bond donors (Lipinski definition) is 1. The Bertz CT molecular complexity index is 1170. The summed E-state index contributed by atoms with van der Waals surface area (Å²) in [6, 6.07) is 18.6. The number of anilines is 1. The van der Waals surface area contributed by atoms with Crippen molar-refractivity contribution < 1.29 is 14.3 Å². The molecule has 0 saturated carbocycles. The number of halogens is 2. The number of para-hydroxylation sites is 1. The van der Waals surface area contributed by atoms with Crippen molar-refractivity contribution in [3.8, 4) is 11.5 Å². The first-order valence-electron chi connectivity index (χ1n) is 9.42. The van der Waals surface area contributed by atoms with Crippen LogP contribution in [0.4, 0.5) is 5.69 Å². The molecule has 31 heavy (non-hydrogen) atoms. The number of ether oxygens (including phenoxy) is 2. The molecule has 0 saturated heterocycles. The van der Waals surface area contributed by atoms with Crippen LogP contribution in [0.25, 0.3) is 0 Å². The Labute approximate surface area is 197 Å². The molecule has 0 fully saturated rings. The number of nitrogens with zero attached hydrogens (tertiary/aromatic N) is 2. The maximum absolute atomic E-state index is 13.4. The molecule has 1 heterocycles. The van der Waals surface area contributed by atoms with Gasteiger partial charge in [0.15, 0.2) is 6.17 Å². The first kappa shape index (κ1) is 21.4. The predicted octanol–water partition coefficient (Wildman–Crippen LogP) is 5.83. The van der Waals surface area contributed by atoms with E-state index in [4.69, 9.17) is 9.47 Å². The SMILES string of the molecule is COc1ccc(Br)cc1/C=N/N1C(=O)c2ccccc2NC1c1cc(Br)ccc1OC. The summed E-state index contributed by atoms with van der Waals surface area (Å²) in [7, 11) is 3.20. The summed E-state index contributed by atoms with van der Waals surface area (Å²) in [6.45, 7) is 0. The van der Waals surface area contributed by atoms with E-state index in [9.17, 15) is 4.79 Å². The number of carbonyl (C=O) groups excluding carboxylic acids is 1. The molecule has 0 spiro atoms. The minimum absolute atomic E-state index is 0.216. The number of amides is 1. The number of carbonyl (C=O) groups is 1. The minimum Gasteiger partial charge on any atom is -0.496 e. The van der Waals surface area contributed by atoms with Gasteiger partial charge in [-0.05, 0) is 48.5 Å². The van der Waals surface area contributed by atoms with Gasteiger partial charge in [0.2, 0.25) is 0 Å². The summed E-state index contributed by atoms with van der Waals surface area (Å²) in [4.78, 5) is 13.4. The lowest BCUT2D eigenvalue weighted by Gasteiger charge is -2.35. The lowest BCUT2D eigenvalue weighted by atomic mass is 10.0. The Balaban J connectivity index is 1.82. The Morgan fingerprint density at radius 1 is 0.968 bits per heavy atom. The molecule has 1 N–H and O–H groups in total. The average Bonchev–Trinajstić information content (AvgIpc) is 2.78. The molecule has 1 atom stereocenters. The van der Waals surface area contributed by atoms with Crippen LogP contribution < -0.4 is 14.8 Å². The lowest BCUT2D eigenvalue weighted by Crippen LogP contribution is -2.39. The van der Waals surface area contributed by atoms with Crippen molar-refractivity contribution in [1.29, 1.82) is 0 Å². The highest BCUT2D eigenvalue weighted by Crippen LogP contribution is 2.38. The smallest absolute Gasteiger partial charge is 0.278 e. The highest BCUT2D eigenvalue weighted by molar-refractivity contribution is 9.10. The molecule has 158 valence electrons. The number of nitrogens with one attached hydrogen (secondary N) is 1. The molecule has 1 aliphatic heterocycles. The van der Waals surface area contributed by atoms with Gasteiger partial charge in [0.05, 0.1) is 26.0 Å². The van der Waals surface area contributed by atoms with Gasteiger partial charge in [-0.25, -0.2) is 5.01 Å². The molecular weight excluding hydrogens is 526 g/mol. The second-order valence-corrected chi connectivity index (χ2v) is 8.59. The first-order chi connectivity index (χ1) is 15.0. The van der Waals surface area contributed by atoms with Crippen molar-refractivity contribution in [2.45, 2.75) is 6.17 Å². The number of methoxy groups -OCH3 is 2. The van der Waals surface area contributed by atoms with Crippen molar-refractivity contribution >= 4 is 49.7 Å². The maximum Gasteiger partial charge on any atom is 0.278 e. The lowest BCUT2D eigenvalue weighted by molar-refractivity contribution is 0.0689. The highest BCUT2D eigenvalue weighted by Gasteiger charge is 2.34. The quantitative estimate of drug-likeness (QED) is 0.410. The van der Waals surface area contributed by atoms with E-state index in [0.29, 0.717) is 17.1 Å². The van der Waals surface area contributed by atoms with E-state index in [-0.39, 0.29) is 5.91 Å². The second kappa shape index (κ2) is 9.11. The van der Waals surface area contributed by atoms with E-state index in [1.54, 1.807) is 26.5 Å².